The van der Waals surface area contributed by atoms with E-state index in [1.54, 1.807) is 12.1 Å². The van der Waals surface area contributed by atoms with Gasteiger partial charge in [0.15, 0.2) is 0 Å². The Bertz CT molecular complexity index is 1110. The third-order valence-corrected chi connectivity index (χ3v) is 3.67. The maximum absolute atomic E-state index is 12.8. The normalized spacial score (nSPS) is 10.9. The summed E-state index contributed by atoms with van der Waals surface area (Å²) in [5.74, 6) is -2.54. The van der Waals surface area contributed by atoms with E-state index in [-0.39, 0.29) is 16.6 Å². The van der Waals surface area contributed by atoms with Gasteiger partial charge in [-0.25, -0.2) is 9.82 Å². The molecule has 3 aromatic rings. The zero-order valence-electron chi connectivity index (χ0n) is 13.5. The van der Waals surface area contributed by atoms with Crippen molar-refractivity contribution in [3.63, 3.8) is 0 Å². The molecule has 0 unspecified atom stereocenters. The Morgan fingerprint density at radius 3 is 2.59 bits per heavy atom. The highest BCUT2D eigenvalue weighted by Crippen LogP contribution is 2.16. The average Bonchev–Trinajstić information content (AvgIpc) is 2.65. The van der Waals surface area contributed by atoms with Crippen molar-refractivity contribution in [2.24, 2.45) is 5.10 Å². The summed E-state index contributed by atoms with van der Waals surface area (Å²) < 4.78 is 18.1. The lowest BCUT2D eigenvalue weighted by molar-refractivity contribution is -0.136. The molecule has 1 heterocycles. The van der Waals surface area contributed by atoms with Crippen LogP contribution in [0.1, 0.15) is 5.56 Å². The number of rotatable bonds is 3. The number of nitrogens with one attached hydrogen (secondary N) is 2. The molecule has 136 valence electrons. The number of hydrazone groups is 1. The summed E-state index contributed by atoms with van der Waals surface area (Å²) in [6.45, 7) is 0. The molecule has 0 fully saturated rings. The lowest BCUT2D eigenvalue weighted by Crippen LogP contribution is -2.32. The Hall–Kier alpha value is -3.52. The minimum Gasteiger partial charge on any atom is -0.463 e. The third-order valence-electron chi connectivity index (χ3n) is 3.44. The van der Waals surface area contributed by atoms with Gasteiger partial charge in [0.2, 0.25) is 5.43 Å². The maximum Gasteiger partial charge on any atom is 0.329 e. The molecule has 1 aromatic heterocycles. The van der Waals surface area contributed by atoms with Crippen LogP contribution in [0.15, 0.2) is 63.0 Å². The Balaban J connectivity index is 1.68. The fourth-order valence-corrected chi connectivity index (χ4v) is 2.31. The fraction of sp³-hybridized carbons (Fsp3) is 0. The molecule has 2 aromatic carbocycles. The first-order chi connectivity index (χ1) is 12.9. The van der Waals surface area contributed by atoms with Crippen LogP contribution in [0.2, 0.25) is 5.02 Å². The quantitative estimate of drug-likeness (QED) is 0.410. The first-order valence-electron chi connectivity index (χ1n) is 7.55. The minimum absolute atomic E-state index is 0.0593. The van der Waals surface area contributed by atoms with Crippen molar-refractivity contribution in [2.45, 2.75) is 0 Å². The number of nitrogens with zero attached hydrogens (tertiary/aromatic N) is 1. The number of fused-ring (bicyclic) bond motifs is 1. The number of benzene rings is 2. The minimum atomic E-state index is -1.07. The van der Waals surface area contributed by atoms with Gasteiger partial charge in [-0.2, -0.15) is 5.10 Å². The second-order valence-electron chi connectivity index (χ2n) is 5.32. The molecule has 3 rings (SSSR count). The van der Waals surface area contributed by atoms with E-state index in [4.69, 9.17) is 16.0 Å². The summed E-state index contributed by atoms with van der Waals surface area (Å²) in [6, 6.07) is 9.47. The molecule has 0 bridgehead atoms. The van der Waals surface area contributed by atoms with Crippen molar-refractivity contribution in [3.05, 3.63) is 75.4 Å². The zero-order chi connectivity index (χ0) is 19.4. The van der Waals surface area contributed by atoms with Gasteiger partial charge >= 0.3 is 11.8 Å². The Morgan fingerprint density at radius 1 is 1.11 bits per heavy atom. The number of amides is 2. The zero-order valence-corrected chi connectivity index (χ0v) is 14.3. The number of hydrogen-bond donors (Lipinski definition) is 2. The van der Waals surface area contributed by atoms with Crippen LogP contribution in [0.4, 0.5) is 10.1 Å². The van der Waals surface area contributed by atoms with E-state index in [1.165, 1.54) is 24.5 Å². The van der Waals surface area contributed by atoms with Gasteiger partial charge in [0, 0.05) is 10.7 Å². The van der Waals surface area contributed by atoms with E-state index in [9.17, 15) is 18.8 Å². The van der Waals surface area contributed by atoms with Crippen LogP contribution in [0.3, 0.4) is 0 Å². The van der Waals surface area contributed by atoms with Crippen LogP contribution in [-0.2, 0) is 9.59 Å². The summed E-state index contributed by atoms with van der Waals surface area (Å²) >= 11 is 5.86. The monoisotopic (exact) mass is 387 g/mol. The number of halogens is 2. The van der Waals surface area contributed by atoms with E-state index in [0.717, 1.165) is 18.3 Å². The van der Waals surface area contributed by atoms with Crippen molar-refractivity contribution in [3.8, 4) is 0 Å². The van der Waals surface area contributed by atoms with Gasteiger partial charge in [-0.3, -0.25) is 14.4 Å². The Kier molecular flexibility index (Phi) is 5.28. The van der Waals surface area contributed by atoms with Crippen molar-refractivity contribution >= 4 is 46.3 Å². The molecule has 0 atom stereocenters. The number of carbonyl (C=O) groups excluding carboxylic acids is 2. The van der Waals surface area contributed by atoms with Gasteiger partial charge in [-0.15, -0.1) is 0 Å². The van der Waals surface area contributed by atoms with E-state index in [1.807, 2.05) is 5.43 Å². The molecule has 0 aliphatic carbocycles. The lowest BCUT2D eigenvalue weighted by atomic mass is 10.2. The first kappa shape index (κ1) is 18.3. The summed E-state index contributed by atoms with van der Waals surface area (Å²) in [4.78, 5) is 35.8. The molecule has 7 nitrogen and oxygen atoms in total. The van der Waals surface area contributed by atoms with E-state index < -0.39 is 23.1 Å². The molecule has 0 saturated carbocycles. The summed E-state index contributed by atoms with van der Waals surface area (Å²) in [7, 11) is 0. The van der Waals surface area contributed by atoms with E-state index in [2.05, 4.69) is 10.4 Å². The maximum atomic E-state index is 12.8. The molecule has 0 spiro atoms. The molecule has 0 aliphatic heterocycles. The van der Waals surface area contributed by atoms with Crippen molar-refractivity contribution in [1.82, 2.24) is 5.43 Å². The highest BCUT2D eigenvalue weighted by Gasteiger charge is 2.13. The lowest BCUT2D eigenvalue weighted by Gasteiger charge is -2.03. The predicted molar refractivity (Wildman–Crippen MR) is 98.3 cm³/mol. The first-order valence-corrected chi connectivity index (χ1v) is 7.93. The van der Waals surface area contributed by atoms with Crippen LogP contribution in [0.25, 0.3) is 11.0 Å². The third kappa shape index (κ3) is 4.36. The molecule has 9 heteroatoms. The predicted octanol–water partition coefficient (Wildman–Crippen LogP) is 2.67. The van der Waals surface area contributed by atoms with Crippen LogP contribution in [0, 0.1) is 5.82 Å². The molecule has 2 N–H and O–H groups in total. The second-order valence-corrected chi connectivity index (χ2v) is 5.76. The van der Waals surface area contributed by atoms with Crippen LogP contribution >= 0.6 is 11.6 Å². The summed E-state index contributed by atoms with van der Waals surface area (Å²) in [6.07, 6.45) is 2.22. The highest BCUT2D eigenvalue weighted by atomic mass is 35.5. The molecule has 27 heavy (non-hydrogen) atoms. The van der Waals surface area contributed by atoms with Crippen molar-refractivity contribution in [1.29, 1.82) is 0 Å². The summed E-state index contributed by atoms with van der Waals surface area (Å²) in [5.41, 5.74) is 2.24. The average molecular weight is 388 g/mol. The van der Waals surface area contributed by atoms with E-state index >= 15 is 0 Å². The van der Waals surface area contributed by atoms with Crippen LogP contribution in [-0.4, -0.2) is 18.0 Å². The molecular weight excluding hydrogens is 377 g/mol. The van der Waals surface area contributed by atoms with Gasteiger partial charge in [-0.05, 0) is 42.5 Å². The SMILES string of the molecule is O=C(N/N=C/c1coc2ccc(Cl)cc2c1=O)C(=O)Nc1ccc(F)cc1. The topological polar surface area (TPSA) is 101 Å². The van der Waals surface area contributed by atoms with Crippen molar-refractivity contribution in [2.75, 3.05) is 5.32 Å². The molecule has 0 saturated heterocycles. The molecular formula is C18H11ClFN3O4. The van der Waals surface area contributed by atoms with Gasteiger partial charge in [-0.1, -0.05) is 11.6 Å². The van der Waals surface area contributed by atoms with Gasteiger partial charge < -0.3 is 9.73 Å². The largest absolute Gasteiger partial charge is 0.463 e. The summed E-state index contributed by atoms with van der Waals surface area (Å²) in [5, 5.41) is 6.47. The van der Waals surface area contributed by atoms with Crippen LogP contribution in [0.5, 0.6) is 0 Å². The second kappa shape index (κ2) is 7.79. The van der Waals surface area contributed by atoms with Gasteiger partial charge in [0.1, 0.15) is 17.7 Å². The smallest absolute Gasteiger partial charge is 0.329 e. The number of carbonyl (C=O) groups is 2. The van der Waals surface area contributed by atoms with Crippen LogP contribution < -0.4 is 16.2 Å². The molecule has 0 radical (unpaired) electrons. The molecule has 0 aliphatic rings. The highest BCUT2D eigenvalue weighted by molar-refractivity contribution is 6.39. The Labute approximate surface area is 156 Å². The number of anilines is 1. The van der Waals surface area contributed by atoms with E-state index in [0.29, 0.717) is 10.6 Å². The standard InChI is InChI=1S/C18H11ClFN3O4/c19-11-1-6-15-14(7-11)16(24)10(9-27-15)8-21-23-18(26)17(25)22-13-4-2-12(20)3-5-13/h1-9H,(H,22,25)(H,23,26)/b21-8+. The Morgan fingerprint density at radius 2 is 1.85 bits per heavy atom. The van der Waals surface area contributed by atoms with Gasteiger partial charge in [0.25, 0.3) is 0 Å². The van der Waals surface area contributed by atoms with Gasteiger partial charge in [0.05, 0.1) is 17.2 Å². The fourth-order valence-electron chi connectivity index (χ4n) is 2.14. The molecule has 2 amide bonds. The van der Waals surface area contributed by atoms with Crippen molar-refractivity contribution < 1.29 is 18.4 Å². The number of hydrogen-bond acceptors (Lipinski definition) is 5.